The third-order valence-electron chi connectivity index (χ3n) is 3.01. The first-order chi connectivity index (χ1) is 6.13. The quantitative estimate of drug-likeness (QED) is 0.672. The van der Waals surface area contributed by atoms with E-state index in [-0.39, 0.29) is 11.8 Å². The van der Waals surface area contributed by atoms with E-state index in [0.717, 1.165) is 19.4 Å². The molecule has 1 fully saturated rings. The van der Waals surface area contributed by atoms with Crippen molar-refractivity contribution in [3.63, 3.8) is 0 Å². The number of hydrogen-bond donors (Lipinski definition) is 0. The fourth-order valence-electron chi connectivity index (χ4n) is 1.67. The van der Waals surface area contributed by atoms with E-state index in [1.807, 2.05) is 6.92 Å². The molecule has 0 aromatic rings. The molecule has 1 heterocycles. The van der Waals surface area contributed by atoms with E-state index < -0.39 is 0 Å². The Balaban J connectivity index is 2.45. The molecule has 2 heteroatoms. The van der Waals surface area contributed by atoms with Crippen molar-refractivity contribution in [3.8, 4) is 0 Å². The van der Waals surface area contributed by atoms with E-state index in [4.69, 9.17) is 4.74 Å². The Morgan fingerprint density at radius 3 is 2.54 bits per heavy atom. The molecule has 0 radical (unpaired) electrons. The number of ketones is 1. The van der Waals surface area contributed by atoms with Gasteiger partial charge in [-0.15, -0.1) is 0 Å². The average molecular weight is 184 g/mol. The molecule has 0 aromatic heterocycles. The van der Waals surface area contributed by atoms with Gasteiger partial charge in [0.25, 0.3) is 0 Å². The molecule has 2 atom stereocenters. The number of Topliss-reactive ketones (excluding diaryl/α,β-unsaturated/α-hetero) is 1. The molecule has 1 aliphatic heterocycles. The summed E-state index contributed by atoms with van der Waals surface area (Å²) in [4.78, 5) is 11.9. The van der Waals surface area contributed by atoms with Crippen LogP contribution in [0.4, 0.5) is 0 Å². The maximum Gasteiger partial charge on any atom is 0.141 e. The summed E-state index contributed by atoms with van der Waals surface area (Å²) < 4.78 is 5.31. The molecule has 1 saturated heterocycles. The molecule has 0 N–H and O–H groups in total. The van der Waals surface area contributed by atoms with E-state index >= 15 is 0 Å². The molecular weight excluding hydrogens is 164 g/mol. The molecule has 0 saturated carbocycles. The van der Waals surface area contributed by atoms with Crippen LogP contribution in [0.25, 0.3) is 0 Å². The van der Waals surface area contributed by atoms with E-state index in [1.165, 1.54) is 0 Å². The largest absolute Gasteiger partial charge is 0.381 e. The van der Waals surface area contributed by atoms with Crippen molar-refractivity contribution in [2.45, 2.75) is 33.6 Å². The Morgan fingerprint density at radius 2 is 2.08 bits per heavy atom. The van der Waals surface area contributed by atoms with Gasteiger partial charge in [0, 0.05) is 18.4 Å². The summed E-state index contributed by atoms with van der Waals surface area (Å²) in [6.45, 7) is 7.72. The van der Waals surface area contributed by atoms with Gasteiger partial charge in [0.1, 0.15) is 5.78 Å². The van der Waals surface area contributed by atoms with Gasteiger partial charge in [0.05, 0.1) is 6.61 Å². The van der Waals surface area contributed by atoms with Crippen molar-refractivity contribution in [1.29, 1.82) is 0 Å². The Labute approximate surface area is 80.7 Å². The summed E-state index contributed by atoms with van der Waals surface area (Å²) in [5.74, 6) is 1.21. The van der Waals surface area contributed by atoms with Crippen molar-refractivity contribution >= 4 is 5.78 Å². The molecule has 0 spiro atoms. The van der Waals surface area contributed by atoms with Crippen LogP contribution >= 0.6 is 0 Å². The number of carbonyl (C=O) groups is 1. The zero-order valence-corrected chi connectivity index (χ0v) is 8.88. The first-order valence-corrected chi connectivity index (χ1v) is 5.24. The molecule has 0 amide bonds. The predicted molar refractivity (Wildman–Crippen MR) is 52.6 cm³/mol. The molecule has 2 unspecified atom stereocenters. The highest BCUT2D eigenvalue weighted by atomic mass is 16.5. The van der Waals surface area contributed by atoms with E-state index in [0.29, 0.717) is 18.3 Å². The maximum atomic E-state index is 11.9. The van der Waals surface area contributed by atoms with E-state index in [2.05, 4.69) is 13.8 Å². The topological polar surface area (TPSA) is 26.3 Å². The first kappa shape index (κ1) is 10.7. The first-order valence-electron chi connectivity index (χ1n) is 5.24. The lowest BCUT2D eigenvalue weighted by atomic mass is 9.84. The minimum absolute atomic E-state index is 0.172. The highest BCUT2D eigenvalue weighted by Gasteiger charge is 2.27. The second-order valence-corrected chi connectivity index (χ2v) is 4.35. The van der Waals surface area contributed by atoms with Crippen LogP contribution < -0.4 is 0 Å². The normalized spacial score (nSPS) is 26.0. The van der Waals surface area contributed by atoms with Gasteiger partial charge in [-0.3, -0.25) is 4.79 Å². The van der Waals surface area contributed by atoms with Crippen LogP contribution in [0, 0.1) is 17.8 Å². The summed E-state index contributed by atoms with van der Waals surface area (Å²) >= 11 is 0. The van der Waals surface area contributed by atoms with Crippen molar-refractivity contribution in [2.75, 3.05) is 13.2 Å². The van der Waals surface area contributed by atoms with Gasteiger partial charge in [-0.2, -0.15) is 0 Å². The number of carbonyl (C=O) groups excluding carboxylic acids is 1. The molecule has 0 aliphatic carbocycles. The van der Waals surface area contributed by atoms with Gasteiger partial charge in [-0.1, -0.05) is 20.8 Å². The van der Waals surface area contributed by atoms with Crippen LogP contribution in [-0.2, 0) is 9.53 Å². The van der Waals surface area contributed by atoms with Crippen molar-refractivity contribution in [1.82, 2.24) is 0 Å². The van der Waals surface area contributed by atoms with E-state index in [9.17, 15) is 4.79 Å². The van der Waals surface area contributed by atoms with Crippen molar-refractivity contribution < 1.29 is 9.53 Å². The lowest BCUT2D eigenvalue weighted by Gasteiger charge is -2.25. The maximum absolute atomic E-state index is 11.9. The SMILES string of the molecule is CC(C)C(C)C(=O)C1CCCOC1. The molecule has 13 heavy (non-hydrogen) atoms. The third kappa shape index (κ3) is 2.80. The number of rotatable bonds is 3. The van der Waals surface area contributed by atoms with E-state index in [1.54, 1.807) is 0 Å². The van der Waals surface area contributed by atoms with Crippen LogP contribution in [0.2, 0.25) is 0 Å². The van der Waals surface area contributed by atoms with Crippen molar-refractivity contribution in [3.05, 3.63) is 0 Å². The standard InChI is InChI=1S/C11H20O2/c1-8(2)9(3)11(12)10-5-4-6-13-7-10/h8-10H,4-7H2,1-3H3. The van der Waals surface area contributed by atoms with Crippen LogP contribution in [-0.4, -0.2) is 19.0 Å². The average Bonchev–Trinajstić information content (AvgIpc) is 2.17. The molecule has 0 bridgehead atoms. The fourth-order valence-corrected chi connectivity index (χ4v) is 1.67. The Kier molecular flexibility index (Phi) is 3.91. The van der Waals surface area contributed by atoms with Crippen LogP contribution in [0.15, 0.2) is 0 Å². The van der Waals surface area contributed by atoms with Crippen LogP contribution in [0.3, 0.4) is 0 Å². The molecule has 76 valence electrons. The van der Waals surface area contributed by atoms with Crippen LogP contribution in [0.1, 0.15) is 33.6 Å². The lowest BCUT2D eigenvalue weighted by Crippen LogP contribution is -2.31. The molecule has 0 aromatic carbocycles. The lowest BCUT2D eigenvalue weighted by molar-refractivity contribution is -0.131. The summed E-state index contributed by atoms with van der Waals surface area (Å²) in [6.07, 6.45) is 2.07. The molecular formula is C11H20O2. The highest BCUT2D eigenvalue weighted by Crippen LogP contribution is 2.22. The minimum atomic E-state index is 0.172. The zero-order valence-electron chi connectivity index (χ0n) is 8.88. The minimum Gasteiger partial charge on any atom is -0.381 e. The summed E-state index contributed by atoms with van der Waals surface area (Å²) in [5.41, 5.74) is 0. The van der Waals surface area contributed by atoms with Crippen LogP contribution in [0.5, 0.6) is 0 Å². The summed E-state index contributed by atoms with van der Waals surface area (Å²) in [5, 5.41) is 0. The third-order valence-corrected chi connectivity index (χ3v) is 3.01. The van der Waals surface area contributed by atoms with Gasteiger partial charge in [-0.05, 0) is 18.8 Å². The van der Waals surface area contributed by atoms with Gasteiger partial charge in [0.2, 0.25) is 0 Å². The highest BCUT2D eigenvalue weighted by molar-refractivity contribution is 5.83. The smallest absolute Gasteiger partial charge is 0.141 e. The molecule has 2 nitrogen and oxygen atoms in total. The number of hydrogen-bond acceptors (Lipinski definition) is 2. The number of ether oxygens (including phenoxy) is 1. The second kappa shape index (κ2) is 4.75. The Morgan fingerprint density at radius 1 is 1.38 bits per heavy atom. The molecule has 1 aliphatic rings. The summed E-state index contributed by atoms with van der Waals surface area (Å²) in [7, 11) is 0. The van der Waals surface area contributed by atoms with Gasteiger partial charge in [0.15, 0.2) is 0 Å². The predicted octanol–water partition coefficient (Wildman–Crippen LogP) is 2.27. The monoisotopic (exact) mass is 184 g/mol. The molecule has 1 rings (SSSR count). The Hall–Kier alpha value is -0.370. The van der Waals surface area contributed by atoms with Gasteiger partial charge >= 0.3 is 0 Å². The summed E-state index contributed by atoms with van der Waals surface area (Å²) in [6, 6.07) is 0. The van der Waals surface area contributed by atoms with Crippen molar-refractivity contribution in [2.24, 2.45) is 17.8 Å². The Bertz CT molecular complexity index is 169. The zero-order chi connectivity index (χ0) is 9.84. The van der Waals surface area contributed by atoms with Gasteiger partial charge < -0.3 is 4.74 Å². The van der Waals surface area contributed by atoms with Gasteiger partial charge in [-0.25, -0.2) is 0 Å². The fraction of sp³-hybridized carbons (Fsp3) is 0.909. The second-order valence-electron chi connectivity index (χ2n) is 4.35.